The number of hydrogen-bond acceptors (Lipinski definition) is 2. The van der Waals surface area contributed by atoms with E-state index >= 15 is 0 Å². The van der Waals surface area contributed by atoms with Crippen LogP contribution in [0.4, 0.5) is 13.2 Å². The van der Waals surface area contributed by atoms with Crippen LogP contribution in [0.15, 0.2) is 91.0 Å². The minimum atomic E-state index is -5.55. The Morgan fingerprint density at radius 2 is 0.846 bits per heavy atom. The van der Waals surface area contributed by atoms with E-state index in [2.05, 4.69) is 0 Å². The van der Waals surface area contributed by atoms with Crippen LogP contribution in [0.25, 0.3) is 0 Å². The highest BCUT2D eigenvalue weighted by Gasteiger charge is 2.69. The Bertz CT molecular complexity index is 877. The van der Waals surface area contributed by atoms with Crippen molar-refractivity contribution in [2.24, 2.45) is 0 Å². The molecule has 134 valence electrons. The van der Waals surface area contributed by atoms with Gasteiger partial charge in [0.25, 0.3) is 0 Å². The second-order valence-corrected chi connectivity index (χ2v) is 12.8. The highest BCUT2D eigenvalue weighted by molar-refractivity contribution is 8.64. The Hall–Kier alpha value is -2.17. The highest BCUT2D eigenvalue weighted by Crippen LogP contribution is 2.65. The summed E-state index contributed by atoms with van der Waals surface area (Å²) in [5.74, 6) is 0. The molecule has 0 bridgehead atoms. The van der Waals surface area contributed by atoms with Gasteiger partial charge in [-0.3, -0.25) is 0 Å². The van der Waals surface area contributed by atoms with Crippen LogP contribution in [0.1, 0.15) is 0 Å². The first-order valence-electron chi connectivity index (χ1n) is 7.69. The van der Waals surface area contributed by atoms with E-state index in [1.54, 1.807) is 54.6 Å². The smallest absolute Gasteiger partial charge is 0.179 e. The van der Waals surface area contributed by atoms with E-state index in [0.29, 0.717) is 0 Å². The van der Waals surface area contributed by atoms with Gasteiger partial charge in [0.05, 0.1) is 0 Å². The van der Waals surface area contributed by atoms with Crippen LogP contribution in [0.5, 0.6) is 0 Å². The second kappa shape index (κ2) is 6.86. The third-order valence-corrected chi connectivity index (χ3v) is 13.1. The Balaban J connectivity index is 2.53. The van der Waals surface area contributed by atoms with Crippen molar-refractivity contribution in [3.05, 3.63) is 91.0 Å². The van der Waals surface area contributed by atoms with E-state index in [4.69, 9.17) is 0 Å². The lowest BCUT2D eigenvalue weighted by Crippen LogP contribution is -2.42. The molecule has 0 aromatic heterocycles. The molecule has 0 saturated heterocycles. The first-order valence-corrected chi connectivity index (χ1v) is 11.6. The monoisotopic (exact) mass is 395 g/mol. The molecule has 3 rings (SSSR count). The van der Waals surface area contributed by atoms with Crippen molar-refractivity contribution in [1.82, 2.24) is 0 Å². The Labute approximate surface area is 150 Å². The predicted octanol–water partition coefficient (Wildman–Crippen LogP) is 3.83. The van der Waals surface area contributed by atoms with Crippen molar-refractivity contribution in [2.75, 3.05) is 0 Å². The standard InChI is InChI=1S/C19H15F3O2PS/c20-19(21,22)26(23,24)25(16-10-4-1-5-11-16,17-12-6-2-7-13-17)18-14-8-3-9-15-18/h1-15H/q+1. The molecule has 7 heteroatoms. The predicted molar refractivity (Wildman–Crippen MR) is 100 cm³/mol. The molecule has 0 fully saturated rings. The highest BCUT2D eigenvalue weighted by atomic mass is 32.8. The van der Waals surface area contributed by atoms with Gasteiger partial charge in [0, 0.05) is 0 Å². The molecular weight excluding hydrogens is 380 g/mol. The van der Waals surface area contributed by atoms with E-state index in [1.807, 2.05) is 0 Å². The topological polar surface area (TPSA) is 34.1 Å². The molecule has 0 aliphatic heterocycles. The van der Waals surface area contributed by atoms with E-state index in [9.17, 15) is 21.6 Å². The quantitative estimate of drug-likeness (QED) is 0.630. The van der Waals surface area contributed by atoms with Gasteiger partial charge >= 0.3 is 15.0 Å². The van der Waals surface area contributed by atoms with E-state index in [0.717, 1.165) is 0 Å². The zero-order valence-electron chi connectivity index (χ0n) is 13.5. The van der Waals surface area contributed by atoms with E-state index in [-0.39, 0.29) is 15.9 Å². The third kappa shape index (κ3) is 2.83. The van der Waals surface area contributed by atoms with Crippen LogP contribution in [0, 0.1) is 0 Å². The van der Waals surface area contributed by atoms with Crippen LogP contribution in [0.3, 0.4) is 0 Å². The molecule has 0 aliphatic rings. The van der Waals surface area contributed by atoms with Gasteiger partial charge in [-0.1, -0.05) is 54.6 Å². The molecule has 0 atom stereocenters. The van der Waals surface area contributed by atoms with Gasteiger partial charge in [-0.2, -0.15) is 21.6 Å². The average molecular weight is 395 g/mol. The Morgan fingerprint density at radius 1 is 0.577 bits per heavy atom. The van der Waals surface area contributed by atoms with Crippen molar-refractivity contribution < 1.29 is 21.6 Å². The van der Waals surface area contributed by atoms with Crippen LogP contribution in [-0.2, 0) is 9.46 Å². The maximum absolute atomic E-state index is 13.8. The molecule has 0 aliphatic carbocycles. The summed E-state index contributed by atoms with van der Waals surface area (Å²) in [7, 11) is -5.55. The van der Waals surface area contributed by atoms with Crippen molar-refractivity contribution in [3.8, 4) is 0 Å². The molecule has 0 spiro atoms. The van der Waals surface area contributed by atoms with Gasteiger partial charge < -0.3 is 0 Å². The number of benzene rings is 3. The SMILES string of the molecule is O=S(=O)(C(F)(F)F)[P+](c1ccccc1)(c1ccccc1)c1ccccc1. The van der Waals surface area contributed by atoms with Crippen LogP contribution >= 0.6 is 6.46 Å². The first kappa shape index (κ1) is 18.6. The van der Waals surface area contributed by atoms with Gasteiger partial charge in [0.2, 0.25) is 6.46 Å². The minimum absolute atomic E-state index is 0.148. The summed E-state index contributed by atoms with van der Waals surface area (Å²) in [5, 5.41) is 0.444. The largest absolute Gasteiger partial charge is 0.532 e. The zero-order chi connectivity index (χ0) is 18.8. The van der Waals surface area contributed by atoms with Crippen LogP contribution < -0.4 is 15.9 Å². The maximum Gasteiger partial charge on any atom is 0.532 e. The molecule has 2 nitrogen and oxygen atoms in total. The van der Waals surface area contributed by atoms with Crippen LogP contribution in [0.2, 0.25) is 0 Å². The first-order chi connectivity index (χ1) is 12.3. The molecule has 0 heterocycles. The summed E-state index contributed by atoms with van der Waals surface area (Å²) in [6, 6.07) is 23.0. The molecule has 3 aromatic carbocycles. The third-order valence-electron chi connectivity index (χ3n) is 4.01. The number of halogens is 3. The van der Waals surface area contributed by atoms with Crippen molar-refractivity contribution in [3.63, 3.8) is 0 Å². The van der Waals surface area contributed by atoms with Gasteiger partial charge in [-0.15, -0.1) is 0 Å². The molecule has 3 aromatic rings. The normalized spacial score (nSPS) is 12.7. The molecule has 0 N–H and O–H groups in total. The summed E-state index contributed by atoms with van der Waals surface area (Å²) in [4.78, 5) is 0. The summed E-state index contributed by atoms with van der Waals surface area (Å²) in [6.45, 7) is -4.03. The summed E-state index contributed by atoms with van der Waals surface area (Å²) >= 11 is 0. The van der Waals surface area contributed by atoms with E-state index in [1.165, 1.54) is 36.4 Å². The molecular formula is C19H15F3O2PS+. The van der Waals surface area contributed by atoms with E-state index < -0.39 is 21.4 Å². The van der Waals surface area contributed by atoms with Gasteiger partial charge in [-0.05, 0) is 36.4 Å². The summed E-state index contributed by atoms with van der Waals surface area (Å²) in [6.07, 6.45) is 0. The summed E-state index contributed by atoms with van der Waals surface area (Å²) < 4.78 is 67.5. The lowest BCUT2D eigenvalue weighted by molar-refractivity contribution is -0.0412. The molecule has 26 heavy (non-hydrogen) atoms. The molecule has 0 saturated carbocycles. The maximum atomic E-state index is 13.8. The zero-order valence-corrected chi connectivity index (χ0v) is 15.2. The Morgan fingerprint density at radius 3 is 1.08 bits per heavy atom. The lowest BCUT2D eigenvalue weighted by Gasteiger charge is -2.27. The fraction of sp³-hybridized carbons (Fsp3) is 0.0526. The fourth-order valence-corrected chi connectivity index (χ4v) is 11.3. The van der Waals surface area contributed by atoms with Crippen molar-refractivity contribution in [2.45, 2.75) is 5.51 Å². The molecule has 0 amide bonds. The van der Waals surface area contributed by atoms with Crippen LogP contribution in [-0.4, -0.2) is 13.9 Å². The molecule has 0 radical (unpaired) electrons. The number of alkyl halides is 3. The van der Waals surface area contributed by atoms with Gasteiger partial charge in [0.1, 0.15) is 15.9 Å². The van der Waals surface area contributed by atoms with Gasteiger partial charge in [-0.25, -0.2) is 0 Å². The number of hydrogen-bond donors (Lipinski definition) is 0. The molecule has 0 unspecified atom stereocenters. The Kier molecular flexibility index (Phi) is 4.91. The summed E-state index contributed by atoms with van der Waals surface area (Å²) in [5.41, 5.74) is -5.39. The van der Waals surface area contributed by atoms with Crippen molar-refractivity contribution >= 4 is 31.8 Å². The number of rotatable bonds is 4. The minimum Gasteiger partial charge on any atom is -0.179 e. The van der Waals surface area contributed by atoms with Crippen molar-refractivity contribution in [1.29, 1.82) is 0 Å². The average Bonchev–Trinajstić information content (AvgIpc) is 2.64. The second-order valence-electron chi connectivity index (χ2n) is 5.54. The lowest BCUT2D eigenvalue weighted by atomic mass is 10.4. The fourth-order valence-electron chi connectivity index (χ4n) is 2.93. The van der Waals surface area contributed by atoms with Gasteiger partial charge in [0.15, 0.2) is 0 Å².